The van der Waals surface area contributed by atoms with E-state index in [4.69, 9.17) is 0 Å². The first kappa shape index (κ1) is 20.2. The Hall–Kier alpha value is -2.14. The van der Waals surface area contributed by atoms with Gasteiger partial charge in [0.05, 0.1) is 6.61 Å². The number of nitrogens with one attached hydrogen (secondary N) is 1. The van der Waals surface area contributed by atoms with Crippen molar-refractivity contribution >= 4 is 24.4 Å². The maximum absolute atomic E-state index is 12.6. The third kappa shape index (κ3) is 5.18. The van der Waals surface area contributed by atoms with Gasteiger partial charge in [-0.1, -0.05) is 48.5 Å². The van der Waals surface area contributed by atoms with Gasteiger partial charge in [-0.15, -0.1) is 12.4 Å². The molecule has 0 aliphatic carbocycles. The molecule has 3 rings (SSSR count). The summed E-state index contributed by atoms with van der Waals surface area (Å²) < 4.78 is 0. The number of nitrogens with zero attached hydrogens (tertiary/aromatic N) is 1. The third-order valence-electron chi connectivity index (χ3n) is 4.48. The Balaban J connectivity index is 0.00000243. The normalized spacial score (nSPS) is 13.1. The van der Waals surface area contributed by atoms with E-state index in [1.807, 2.05) is 42.5 Å². The highest BCUT2D eigenvalue weighted by atomic mass is 35.5. The number of aliphatic hydroxyl groups excluding tert-OH is 1. The second-order valence-electron chi connectivity index (χ2n) is 6.21. The minimum Gasteiger partial charge on any atom is -0.395 e. The number of hydrogen-bond acceptors (Lipinski definition) is 3. The van der Waals surface area contributed by atoms with Gasteiger partial charge in [0, 0.05) is 25.7 Å². The number of aliphatic hydroxyl groups is 1. The quantitative estimate of drug-likeness (QED) is 0.767. The van der Waals surface area contributed by atoms with E-state index in [-0.39, 0.29) is 24.9 Å². The van der Waals surface area contributed by atoms with Crippen LogP contribution in [0.2, 0.25) is 0 Å². The summed E-state index contributed by atoms with van der Waals surface area (Å²) in [5.41, 5.74) is 4.79. The predicted molar refractivity (Wildman–Crippen MR) is 107 cm³/mol. The lowest BCUT2D eigenvalue weighted by Gasteiger charge is -2.21. The Morgan fingerprint density at radius 2 is 1.96 bits per heavy atom. The maximum atomic E-state index is 12.6. The lowest BCUT2D eigenvalue weighted by Crippen LogP contribution is -2.31. The maximum Gasteiger partial charge on any atom is 0.246 e. The molecule has 0 spiro atoms. The van der Waals surface area contributed by atoms with E-state index in [1.165, 1.54) is 11.1 Å². The monoisotopic (exact) mass is 372 g/mol. The van der Waals surface area contributed by atoms with Gasteiger partial charge in [-0.25, -0.2) is 0 Å². The van der Waals surface area contributed by atoms with Gasteiger partial charge in [-0.05, 0) is 41.3 Å². The largest absolute Gasteiger partial charge is 0.395 e. The van der Waals surface area contributed by atoms with Crippen LogP contribution in [-0.4, -0.2) is 35.6 Å². The molecule has 2 aromatic rings. The first-order valence-corrected chi connectivity index (χ1v) is 8.71. The molecule has 26 heavy (non-hydrogen) atoms. The lowest BCUT2D eigenvalue weighted by atomic mass is 9.95. The molecule has 2 aromatic carbocycles. The van der Waals surface area contributed by atoms with Gasteiger partial charge in [0.25, 0.3) is 0 Å². The molecule has 0 fully saturated rings. The Kier molecular flexibility index (Phi) is 7.85. The molecule has 0 radical (unpaired) electrons. The average molecular weight is 373 g/mol. The lowest BCUT2D eigenvalue weighted by molar-refractivity contribution is -0.127. The van der Waals surface area contributed by atoms with Crippen molar-refractivity contribution in [3.63, 3.8) is 0 Å². The first-order valence-electron chi connectivity index (χ1n) is 8.71. The van der Waals surface area contributed by atoms with Gasteiger partial charge >= 0.3 is 0 Å². The first-order chi connectivity index (χ1) is 12.3. The zero-order valence-corrected chi connectivity index (χ0v) is 15.5. The fraction of sp³-hybridized carbons (Fsp3) is 0.286. The van der Waals surface area contributed by atoms with Crippen molar-refractivity contribution in [2.75, 3.05) is 19.7 Å². The second-order valence-corrected chi connectivity index (χ2v) is 6.21. The van der Waals surface area contributed by atoms with Gasteiger partial charge in [-0.2, -0.15) is 0 Å². The molecule has 1 amide bonds. The van der Waals surface area contributed by atoms with Crippen LogP contribution in [0.1, 0.15) is 22.3 Å². The van der Waals surface area contributed by atoms with Gasteiger partial charge < -0.3 is 15.3 Å². The van der Waals surface area contributed by atoms with Crippen molar-refractivity contribution in [1.82, 2.24) is 10.2 Å². The van der Waals surface area contributed by atoms with Crippen molar-refractivity contribution in [3.8, 4) is 0 Å². The number of benzene rings is 2. The molecule has 0 unspecified atom stereocenters. The van der Waals surface area contributed by atoms with Crippen molar-refractivity contribution in [1.29, 1.82) is 0 Å². The summed E-state index contributed by atoms with van der Waals surface area (Å²) in [6.07, 6.45) is 4.51. The molecule has 138 valence electrons. The standard InChI is InChI=1S/C21H24N2O2.ClH/c24-14-13-23(16-17-5-2-1-3-6-17)21(25)10-9-18-7-4-8-19-15-22-12-11-20(18)19;/h1-10,22,24H,11-16H2;1H/b10-9+;. The van der Waals surface area contributed by atoms with E-state index < -0.39 is 0 Å². The molecule has 0 saturated carbocycles. The minimum atomic E-state index is -0.0792. The fourth-order valence-corrected chi connectivity index (χ4v) is 3.18. The minimum absolute atomic E-state index is 0. The third-order valence-corrected chi connectivity index (χ3v) is 4.48. The van der Waals surface area contributed by atoms with E-state index in [2.05, 4.69) is 17.4 Å². The smallest absolute Gasteiger partial charge is 0.246 e. The number of carbonyl (C=O) groups excluding carboxylic acids is 1. The number of halogens is 1. The molecule has 1 heterocycles. The van der Waals surface area contributed by atoms with Crippen LogP contribution < -0.4 is 5.32 Å². The summed E-state index contributed by atoms with van der Waals surface area (Å²) in [5.74, 6) is -0.0792. The van der Waals surface area contributed by atoms with Crippen LogP contribution in [0.25, 0.3) is 6.08 Å². The molecular weight excluding hydrogens is 348 g/mol. The summed E-state index contributed by atoms with van der Waals surface area (Å²) in [4.78, 5) is 14.3. The van der Waals surface area contributed by atoms with Gasteiger partial charge in [0.2, 0.25) is 5.91 Å². The van der Waals surface area contributed by atoms with E-state index in [0.717, 1.165) is 30.6 Å². The van der Waals surface area contributed by atoms with E-state index in [9.17, 15) is 9.90 Å². The highest BCUT2D eigenvalue weighted by Crippen LogP contribution is 2.20. The molecule has 5 heteroatoms. The summed E-state index contributed by atoms with van der Waals surface area (Å²) in [6.45, 7) is 2.64. The van der Waals surface area contributed by atoms with Gasteiger partial charge in [-0.3, -0.25) is 4.79 Å². The number of amides is 1. The summed E-state index contributed by atoms with van der Waals surface area (Å²) in [7, 11) is 0. The summed E-state index contributed by atoms with van der Waals surface area (Å²) in [6, 6.07) is 16.1. The summed E-state index contributed by atoms with van der Waals surface area (Å²) in [5, 5.41) is 12.7. The number of hydrogen-bond donors (Lipinski definition) is 2. The van der Waals surface area contributed by atoms with Crippen LogP contribution in [0.15, 0.2) is 54.6 Å². The van der Waals surface area contributed by atoms with Crippen LogP contribution in [0.4, 0.5) is 0 Å². The molecule has 0 bridgehead atoms. The van der Waals surface area contributed by atoms with Crippen LogP contribution >= 0.6 is 12.4 Å². The SMILES string of the molecule is Cl.O=C(/C=C/c1cccc2c1CCNC2)N(CCO)Cc1ccccc1. The van der Waals surface area contributed by atoms with Crippen LogP contribution in [-0.2, 0) is 24.3 Å². The van der Waals surface area contributed by atoms with Crippen molar-refractivity contribution in [3.05, 3.63) is 76.9 Å². The predicted octanol–water partition coefficient (Wildman–Crippen LogP) is 2.79. The fourth-order valence-electron chi connectivity index (χ4n) is 3.18. The van der Waals surface area contributed by atoms with E-state index in [1.54, 1.807) is 11.0 Å². The van der Waals surface area contributed by atoms with E-state index >= 15 is 0 Å². The zero-order chi connectivity index (χ0) is 17.5. The molecule has 1 aliphatic heterocycles. The number of fused-ring (bicyclic) bond motifs is 1. The molecule has 2 N–H and O–H groups in total. The molecule has 0 atom stereocenters. The zero-order valence-electron chi connectivity index (χ0n) is 14.7. The van der Waals surface area contributed by atoms with Crippen molar-refractivity contribution in [2.24, 2.45) is 0 Å². The van der Waals surface area contributed by atoms with Gasteiger partial charge in [0.1, 0.15) is 0 Å². The average Bonchev–Trinajstić information content (AvgIpc) is 2.66. The molecule has 0 saturated heterocycles. The molecule has 0 aromatic heterocycles. The Morgan fingerprint density at radius 3 is 2.73 bits per heavy atom. The Labute approximate surface area is 160 Å². The highest BCUT2D eigenvalue weighted by molar-refractivity contribution is 5.92. The second kappa shape index (κ2) is 10.1. The van der Waals surface area contributed by atoms with E-state index in [0.29, 0.717) is 13.1 Å². The number of carbonyl (C=O) groups is 1. The van der Waals surface area contributed by atoms with Crippen molar-refractivity contribution in [2.45, 2.75) is 19.5 Å². The highest BCUT2D eigenvalue weighted by Gasteiger charge is 2.13. The Bertz CT molecular complexity index is 747. The molecular formula is C21H25ClN2O2. The van der Waals surface area contributed by atoms with Crippen LogP contribution in [0.5, 0.6) is 0 Å². The summed E-state index contributed by atoms with van der Waals surface area (Å²) >= 11 is 0. The van der Waals surface area contributed by atoms with Gasteiger partial charge in [0.15, 0.2) is 0 Å². The Morgan fingerprint density at radius 1 is 1.15 bits per heavy atom. The van der Waals surface area contributed by atoms with Crippen LogP contribution in [0.3, 0.4) is 0 Å². The molecule has 1 aliphatic rings. The van der Waals surface area contributed by atoms with Crippen LogP contribution in [0, 0.1) is 0 Å². The molecule has 4 nitrogen and oxygen atoms in total. The van der Waals surface area contributed by atoms with Crippen molar-refractivity contribution < 1.29 is 9.90 Å². The number of rotatable bonds is 6. The topological polar surface area (TPSA) is 52.6 Å².